The van der Waals surface area contributed by atoms with Gasteiger partial charge in [-0.25, -0.2) is 0 Å². The molecule has 1 atom stereocenters. The molecule has 1 saturated heterocycles. The SMILES string of the molecule is CCN(CC)C(=O)C1CCCN(Cc2ccc(-c3ccc(C)cn3)cc2)C1. The maximum Gasteiger partial charge on any atom is 0.226 e. The summed E-state index contributed by atoms with van der Waals surface area (Å²) in [5.74, 6) is 0.472. The number of aryl methyl sites for hydroxylation is 1. The highest BCUT2D eigenvalue weighted by Gasteiger charge is 2.28. The second-order valence-corrected chi connectivity index (χ2v) is 7.50. The maximum atomic E-state index is 12.7. The molecule has 1 aliphatic rings. The largest absolute Gasteiger partial charge is 0.343 e. The van der Waals surface area contributed by atoms with Crippen LogP contribution < -0.4 is 0 Å². The summed E-state index contributed by atoms with van der Waals surface area (Å²) in [6.45, 7) is 10.6. The molecule has 27 heavy (non-hydrogen) atoms. The molecule has 2 aromatic rings. The Hall–Kier alpha value is -2.20. The van der Waals surface area contributed by atoms with Gasteiger partial charge in [0.2, 0.25) is 5.91 Å². The Morgan fingerprint density at radius 3 is 2.52 bits per heavy atom. The Bertz CT molecular complexity index is 735. The van der Waals surface area contributed by atoms with Gasteiger partial charge in [-0.15, -0.1) is 0 Å². The highest BCUT2D eigenvalue weighted by Crippen LogP contribution is 2.22. The van der Waals surface area contributed by atoms with E-state index in [4.69, 9.17) is 0 Å². The Labute approximate surface area is 163 Å². The molecule has 4 nitrogen and oxygen atoms in total. The second kappa shape index (κ2) is 9.14. The number of aromatic nitrogens is 1. The highest BCUT2D eigenvalue weighted by molar-refractivity contribution is 5.79. The predicted octanol–water partition coefficient (Wildman–Crippen LogP) is 4.14. The summed E-state index contributed by atoms with van der Waals surface area (Å²) >= 11 is 0. The minimum atomic E-state index is 0.148. The van der Waals surface area contributed by atoms with Crippen molar-refractivity contribution in [3.63, 3.8) is 0 Å². The third kappa shape index (κ3) is 4.95. The summed E-state index contributed by atoms with van der Waals surface area (Å²) in [7, 11) is 0. The van der Waals surface area contributed by atoms with E-state index in [2.05, 4.69) is 67.1 Å². The number of carbonyl (C=O) groups excluding carboxylic acids is 1. The van der Waals surface area contributed by atoms with Crippen LogP contribution in [0.15, 0.2) is 42.6 Å². The van der Waals surface area contributed by atoms with Crippen LogP contribution in [0.5, 0.6) is 0 Å². The number of hydrogen-bond donors (Lipinski definition) is 0. The van der Waals surface area contributed by atoms with Crippen molar-refractivity contribution in [2.75, 3.05) is 26.2 Å². The summed E-state index contributed by atoms with van der Waals surface area (Å²) in [6.07, 6.45) is 4.02. The number of carbonyl (C=O) groups is 1. The zero-order chi connectivity index (χ0) is 19.2. The van der Waals surface area contributed by atoms with E-state index in [1.165, 1.54) is 11.1 Å². The van der Waals surface area contributed by atoms with Gasteiger partial charge in [-0.05, 0) is 57.4 Å². The van der Waals surface area contributed by atoms with Crippen molar-refractivity contribution in [3.05, 3.63) is 53.7 Å². The van der Waals surface area contributed by atoms with Gasteiger partial charge in [0.05, 0.1) is 11.6 Å². The molecule has 3 rings (SSSR count). The van der Waals surface area contributed by atoms with E-state index in [1.54, 1.807) is 0 Å². The molecule has 0 aliphatic carbocycles. The number of nitrogens with zero attached hydrogens (tertiary/aromatic N) is 3. The molecule has 2 heterocycles. The lowest BCUT2D eigenvalue weighted by atomic mass is 9.96. The molecule has 1 amide bonds. The monoisotopic (exact) mass is 365 g/mol. The van der Waals surface area contributed by atoms with Crippen molar-refractivity contribution in [2.24, 2.45) is 5.92 Å². The molecule has 0 bridgehead atoms. The van der Waals surface area contributed by atoms with Crippen LogP contribution in [-0.4, -0.2) is 46.9 Å². The van der Waals surface area contributed by atoms with E-state index in [-0.39, 0.29) is 5.92 Å². The van der Waals surface area contributed by atoms with Crippen LogP contribution in [0.4, 0.5) is 0 Å². The lowest BCUT2D eigenvalue weighted by Crippen LogP contribution is -2.44. The van der Waals surface area contributed by atoms with Crippen LogP contribution in [-0.2, 0) is 11.3 Å². The van der Waals surface area contributed by atoms with Gasteiger partial charge in [-0.3, -0.25) is 14.7 Å². The van der Waals surface area contributed by atoms with Crippen molar-refractivity contribution < 1.29 is 4.79 Å². The van der Waals surface area contributed by atoms with Crippen LogP contribution >= 0.6 is 0 Å². The minimum absolute atomic E-state index is 0.148. The normalized spacial score (nSPS) is 17.7. The standard InChI is InChI=1S/C23H31N3O/c1-4-26(5-2)23(27)21-7-6-14-25(17-21)16-19-9-11-20(12-10-19)22-13-8-18(3)15-24-22/h8-13,15,21H,4-7,14,16-17H2,1-3H3. The molecule has 1 unspecified atom stereocenters. The smallest absolute Gasteiger partial charge is 0.226 e. The highest BCUT2D eigenvalue weighted by atomic mass is 16.2. The average Bonchev–Trinajstić information content (AvgIpc) is 2.70. The fraction of sp³-hybridized carbons (Fsp3) is 0.478. The first-order chi connectivity index (χ1) is 13.1. The Balaban J connectivity index is 1.61. The predicted molar refractivity (Wildman–Crippen MR) is 110 cm³/mol. The number of hydrogen-bond acceptors (Lipinski definition) is 3. The Morgan fingerprint density at radius 2 is 1.89 bits per heavy atom. The van der Waals surface area contributed by atoms with Gasteiger partial charge in [0.1, 0.15) is 0 Å². The van der Waals surface area contributed by atoms with Gasteiger partial charge in [0, 0.05) is 37.9 Å². The third-order valence-electron chi connectivity index (χ3n) is 5.50. The molecule has 1 fully saturated rings. The number of benzene rings is 1. The maximum absolute atomic E-state index is 12.7. The molecule has 4 heteroatoms. The van der Waals surface area contributed by atoms with E-state index < -0.39 is 0 Å². The Kier molecular flexibility index (Phi) is 6.62. The van der Waals surface area contributed by atoms with Crippen LogP contribution in [0, 0.1) is 12.8 Å². The third-order valence-corrected chi connectivity index (χ3v) is 5.50. The average molecular weight is 366 g/mol. The molecular weight excluding hydrogens is 334 g/mol. The molecule has 144 valence electrons. The summed E-state index contributed by atoms with van der Waals surface area (Å²) in [5.41, 5.74) is 4.62. The minimum Gasteiger partial charge on any atom is -0.343 e. The van der Waals surface area contributed by atoms with Crippen molar-refractivity contribution in [1.29, 1.82) is 0 Å². The lowest BCUT2D eigenvalue weighted by Gasteiger charge is -2.34. The van der Waals surface area contributed by atoms with Crippen LogP contribution in [0.3, 0.4) is 0 Å². The first kappa shape index (κ1) is 19.6. The molecule has 0 radical (unpaired) electrons. The van der Waals surface area contributed by atoms with E-state index in [0.29, 0.717) is 5.91 Å². The molecule has 0 saturated carbocycles. The number of rotatable bonds is 6. The number of likely N-dealkylation sites (tertiary alicyclic amines) is 1. The summed E-state index contributed by atoms with van der Waals surface area (Å²) in [6, 6.07) is 12.8. The van der Waals surface area contributed by atoms with Gasteiger partial charge in [-0.1, -0.05) is 30.3 Å². The van der Waals surface area contributed by atoms with Crippen LogP contribution in [0.2, 0.25) is 0 Å². The van der Waals surface area contributed by atoms with Gasteiger partial charge in [0.25, 0.3) is 0 Å². The van der Waals surface area contributed by atoms with Crippen LogP contribution in [0.25, 0.3) is 11.3 Å². The molecule has 0 N–H and O–H groups in total. The molecule has 1 aliphatic heterocycles. The summed E-state index contributed by atoms with van der Waals surface area (Å²) in [4.78, 5) is 21.6. The van der Waals surface area contributed by atoms with Crippen molar-refractivity contribution in [2.45, 2.75) is 40.2 Å². The number of pyridine rings is 1. The van der Waals surface area contributed by atoms with Crippen LogP contribution in [0.1, 0.15) is 37.8 Å². The van der Waals surface area contributed by atoms with E-state index >= 15 is 0 Å². The number of piperidine rings is 1. The molecule has 1 aromatic carbocycles. The number of amides is 1. The quantitative estimate of drug-likeness (QED) is 0.772. The van der Waals surface area contributed by atoms with Crippen molar-refractivity contribution >= 4 is 5.91 Å². The van der Waals surface area contributed by atoms with Gasteiger partial charge in [0.15, 0.2) is 0 Å². The first-order valence-electron chi connectivity index (χ1n) is 10.1. The zero-order valence-electron chi connectivity index (χ0n) is 16.8. The zero-order valence-corrected chi connectivity index (χ0v) is 16.8. The second-order valence-electron chi connectivity index (χ2n) is 7.50. The fourth-order valence-corrected chi connectivity index (χ4v) is 3.87. The topological polar surface area (TPSA) is 36.4 Å². The molecule has 0 spiro atoms. The molecular formula is C23H31N3O. The van der Waals surface area contributed by atoms with Gasteiger partial charge in [-0.2, -0.15) is 0 Å². The summed E-state index contributed by atoms with van der Waals surface area (Å²) < 4.78 is 0. The van der Waals surface area contributed by atoms with E-state index in [1.807, 2.05) is 11.1 Å². The van der Waals surface area contributed by atoms with Gasteiger partial charge < -0.3 is 4.90 Å². The van der Waals surface area contributed by atoms with Crippen molar-refractivity contribution in [1.82, 2.24) is 14.8 Å². The molecule has 1 aromatic heterocycles. The fourth-order valence-electron chi connectivity index (χ4n) is 3.87. The van der Waals surface area contributed by atoms with E-state index in [0.717, 1.165) is 56.8 Å². The van der Waals surface area contributed by atoms with Crippen molar-refractivity contribution in [3.8, 4) is 11.3 Å². The summed E-state index contributed by atoms with van der Waals surface area (Å²) in [5, 5.41) is 0. The lowest BCUT2D eigenvalue weighted by molar-refractivity contribution is -0.137. The Morgan fingerprint density at radius 1 is 1.15 bits per heavy atom. The van der Waals surface area contributed by atoms with E-state index in [9.17, 15) is 4.79 Å². The van der Waals surface area contributed by atoms with Gasteiger partial charge >= 0.3 is 0 Å². The first-order valence-corrected chi connectivity index (χ1v) is 10.1.